The molecule has 0 aliphatic rings. The number of halogens is 3. The molecule has 0 aliphatic heterocycles. The summed E-state index contributed by atoms with van der Waals surface area (Å²) < 4.78 is 37.7. The number of methoxy groups -OCH3 is 1. The zero-order valence-electron chi connectivity index (χ0n) is 9.84. The molecule has 2 nitrogen and oxygen atoms in total. The van der Waals surface area contributed by atoms with E-state index in [1.165, 1.54) is 13.4 Å². The van der Waals surface area contributed by atoms with Crippen LogP contribution < -0.4 is 4.74 Å². The van der Waals surface area contributed by atoms with E-state index in [0.29, 0.717) is 11.3 Å². The fourth-order valence-electron chi connectivity index (χ4n) is 1.73. The first-order valence-corrected chi connectivity index (χ1v) is 6.17. The summed E-state index contributed by atoms with van der Waals surface area (Å²) in [5.41, 5.74) is 0.637. The van der Waals surface area contributed by atoms with Gasteiger partial charge in [-0.05, 0) is 13.0 Å². The van der Waals surface area contributed by atoms with Gasteiger partial charge in [0, 0.05) is 23.3 Å². The lowest BCUT2D eigenvalue weighted by molar-refractivity contribution is 0.405. The molecule has 1 atom stereocenters. The van der Waals surface area contributed by atoms with Crippen molar-refractivity contribution >= 4 is 15.9 Å². The molecule has 96 valence electrons. The van der Waals surface area contributed by atoms with Crippen LogP contribution >= 0.6 is 15.9 Å². The van der Waals surface area contributed by atoms with Crippen LogP contribution in [0.1, 0.15) is 21.7 Å². The Kier molecular flexibility index (Phi) is 3.71. The fraction of sp³-hybridized carbons (Fsp3) is 0.231. The first-order chi connectivity index (χ1) is 8.54. The Bertz CT molecular complexity index is 543. The average Bonchev–Trinajstić information content (AvgIpc) is 2.74. The number of benzene rings is 1. The molecule has 2 rings (SSSR count). The van der Waals surface area contributed by atoms with Crippen molar-refractivity contribution in [2.24, 2.45) is 0 Å². The maximum Gasteiger partial charge on any atom is 0.134 e. The SMILES string of the molecule is COc1cc(F)c(C(Br)c2ccoc2C)c(F)c1. The highest BCUT2D eigenvalue weighted by Crippen LogP contribution is 2.37. The van der Waals surface area contributed by atoms with Gasteiger partial charge in [-0.25, -0.2) is 8.78 Å². The summed E-state index contributed by atoms with van der Waals surface area (Å²) in [6.45, 7) is 1.74. The summed E-state index contributed by atoms with van der Waals surface area (Å²) in [6, 6.07) is 3.99. The standard InChI is InChI=1S/C13H11BrF2O2/c1-7-9(3-4-18-7)13(14)12-10(15)5-8(17-2)6-11(12)16/h3-6,13H,1-2H3. The van der Waals surface area contributed by atoms with Gasteiger partial charge in [0.1, 0.15) is 23.1 Å². The van der Waals surface area contributed by atoms with Gasteiger partial charge in [-0.3, -0.25) is 0 Å². The van der Waals surface area contributed by atoms with E-state index in [1.54, 1.807) is 13.0 Å². The molecule has 0 saturated heterocycles. The number of alkyl halides is 1. The minimum Gasteiger partial charge on any atom is -0.497 e. The highest BCUT2D eigenvalue weighted by atomic mass is 79.9. The minimum atomic E-state index is -0.658. The lowest BCUT2D eigenvalue weighted by atomic mass is 10.0. The number of hydrogen-bond acceptors (Lipinski definition) is 2. The van der Waals surface area contributed by atoms with Crippen molar-refractivity contribution < 1.29 is 17.9 Å². The Morgan fingerprint density at radius 2 is 1.89 bits per heavy atom. The van der Waals surface area contributed by atoms with E-state index in [1.807, 2.05) is 0 Å². The molecule has 0 fully saturated rings. The lowest BCUT2D eigenvalue weighted by Gasteiger charge is -2.13. The predicted octanol–water partition coefficient (Wildman–Crippen LogP) is 4.36. The van der Waals surface area contributed by atoms with Gasteiger partial charge in [-0.15, -0.1) is 0 Å². The Morgan fingerprint density at radius 3 is 2.33 bits per heavy atom. The van der Waals surface area contributed by atoms with E-state index in [0.717, 1.165) is 12.1 Å². The summed E-state index contributed by atoms with van der Waals surface area (Å²) in [5, 5.41) is 0. The molecule has 5 heteroatoms. The Morgan fingerprint density at radius 1 is 1.28 bits per heavy atom. The van der Waals surface area contributed by atoms with Crippen LogP contribution in [0.3, 0.4) is 0 Å². The number of rotatable bonds is 3. The molecule has 1 heterocycles. The van der Waals surface area contributed by atoms with Crippen molar-refractivity contribution in [2.45, 2.75) is 11.8 Å². The van der Waals surface area contributed by atoms with Crippen molar-refractivity contribution in [3.05, 3.63) is 53.0 Å². The molecular formula is C13H11BrF2O2. The zero-order chi connectivity index (χ0) is 13.3. The van der Waals surface area contributed by atoms with Crippen LogP contribution in [0.5, 0.6) is 5.75 Å². The van der Waals surface area contributed by atoms with Gasteiger partial charge < -0.3 is 9.15 Å². The molecule has 1 aromatic heterocycles. The number of furan rings is 1. The summed E-state index contributed by atoms with van der Waals surface area (Å²) in [4.78, 5) is -0.595. The normalized spacial score (nSPS) is 12.5. The van der Waals surface area contributed by atoms with Crippen molar-refractivity contribution in [3.8, 4) is 5.75 Å². The second-order valence-corrected chi connectivity index (χ2v) is 4.72. The quantitative estimate of drug-likeness (QED) is 0.785. The van der Waals surface area contributed by atoms with Crippen LogP contribution in [-0.4, -0.2) is 7.11 Å². The highest BCUT2D eigenvalue weighted by molar-refractivity contribution is 9.09. The van der Waals surface area contributed by atoms with E-state index in [9.17, 15) is 8.78 Å². The van der Waals surface area contributed by atoms with Gasteiger partial charge in [-0.2, -0.15) is 0 Å². The van der Waals surface area contributed by atoms with E-state index in [-0.39, 0.29) is 11.3 Å². The lowest BCUT2D eigenvalue weighted by Crippen LogP contribution is -2.02. The van der Waals surface area contributed by atoms with Crippen molar-refractivity contribution in [1.29, 1.82) is 0 Å². The molecule has 0 saturated carbocycles. The van der Waals surface area contributed by atoms with Crippen molar-refractivity contribution in [3.63, 3.8) is 0 Å². The van der Waals surface area contributed by atoms with Crippen LogP contribution in [-0.2, 0) is 0 Å². The van der Waals surface area contributed by atoms with Crippen molar-refractivity contribution in [2.75, 3.05) is 7.11 Å². The van der Waals surface area contributed by atoms with Crippen LogP contribution in [0.25, 0.3) is 0 Å². The zero-order valence-corrected chi connectivity index (χ0v) is 11.4. The van der Waals surface area contributed by atoms with Gasteiger partial charge in [-0.1, -0.05) is 15.9 Å². The Hall–Kier alpha value is -1.36. The molecule has 1 aromatic carbocycles. The van der Waals surface area contributed by atoms with Gasteiger partial charge in [0.2, 0.25) is 0 Å². The monoisotopic (exact) mass is 316 g/mol. The molecule has 0 aliphatic carbocycles. The van der Waals surface area contributed by atoms with Gasteiger partial charge in [0.05, 0.1) is 18.2 Å². The van der Waals surface area contributed by atoms with E-state index in [2.05, 4.69) is 15.9 Å². The molecule has 1 unspecified atom stereocenters. The second kappa shape index (κ2) is 5.10. The van der Waals surface area contributed by atoms with E-state index in [4.69, 9.17) is 9.15 Å². The third-order valence-electron chi connectivity index (χ3n) is 2.71. The van der Waals surface area contributed by atoms with Crippen LogP contribution in [0.15, 0.2) is 28.9 Å². The fourth-order valence-corrected chi connectivity index (χ4v) is 2.65. The Labute approximate surface area is 112 Å². The predicted molar refractivity (Wildman–Crippen MR) is 67.1 cm³/mol. The summed E-state index contributed by atoms with van der Waals surface area (Å²) in [5.74, 6) is -0.549. The molecule has 0 amide bonds. The summed E-state index contributed by atoms with van der Waals surface area (Å²) in [6.07, 6.45) is 1.48. The maximum absolute atomic E-state index is 13.9. The van der Waals surface area contributed by atoms with Gasteiger partial charge in [0.15, 0.2) is 0 Å². The average molecular weight is 317 g/mol. The summed E-state index contributed by atoms with van der Waals surface area (Å²) >= 11 is 3.29. The summed E-state index contributed by atoms with van der Waals surface area (Å²) in [7, 11) is 1.36. The maximum atomic E-state index is 13.9. The molecule has 0 bridgehead atoms. The molecule has 0 N–H and O–H groups in total. The number of aryl methyl sites for hydroxylation is 1. The number of hydrogen-bond donors (Lipinski definition) is 0. The third kappa shape index (κ3) is 2.27. The van der Waals surface area contributed by atoms with E-state index < -0.39 is 16.5 Å². The van der Waals surface area contributed by atoms with Crippen LogP contribution in [0, 0.1) is 18.6 Å². The third-order valence-corrected chi connectivity index (χ3v) is 3.66. The van der Waals surface area contributed by atoms with Gasteiger partial charge >= 0.3 is 0 Å². The number of ether oxygens (including phenoxy) is 1. The molecule has 18 heavy (non-hydrogen) atoms. The largest absolute Gasteiger partial charge is 0.497 e. The molecular weight excluding hydrogens is 306 g/mol. The minimum absolute atomic E-state index is 0.0553. The first kappa shape index (κ1) is 13.1. The topological polar surface area (TPSA) is 22.4 Å². The Balaban J connectivity index is 2.48. The highest BCUT2D eigenvalue weighted by Gasteiger charge is 2.23. The second-order valence-electron chi connectivity index (χ2n) is 3.80. The smallest absolute Gasteiger partial charge is 0.134 e. The van der Waals surface area contributed by atoms with Crippen molar-refractivity contribution in [1.82, 2.24) is 0 Å². The molecule has 2 aromatic rings. The van der Waals surface area contributed by atoms with Gasteiger partial charge in [0.25, 0.3) is 0 Å². The first-order valence-electron chi connectivity index (χ1n) is 5.25. The van der Waals surface area contributed by atoms with Crippen LogP contribution in [0.2, 0.25) is 0 Å². The molecule has 0 radical (unpaired) electrons. The van der Waals surface area contributed by atoms with E-state index >= 15 is 0 Å². The molecule has 0 spiro atoms. The van der Waals surface area contributed by atoms with Crippen LogP contribution in [0.4, 0.5) is 8.78 Å².